The number of hydrogen-bond donors (Lipinski definition) is 1. The lowest BCUT2D eigenvalue weighted by Gasteiger charge is -2.42. The molecule has 1 N–H and O–H groups in total. The average molecular weight is 454 g/mol. The highest BCUT2D eigenvalue weighted by atomic mass is 19.4. The Labute approximate surface area is 143 Å². The molecule has 0 spiro atoms. The number of carboxylic acids is 1. The van der Waals surface area contributed by atoms with Gasteiger partial charge in [-0.1, -0.05) is 6.58 Å². The third-order valence-corrected chi connectivity index (χ3v) is 3.24. The predicted molar refractivity (Wildman–Crippen MR) is 57.4 cm³/mol. The van der Waals surface area contributed by atoms with Crippen molar-refractivity contribution in [3.63, 3.8) is 0 Å². The minimum atomic E-state index is -8.38. The number of carbonyl (C=O) groups is 1. The highest BCUT2D eigenvalue weighted by Crippen LogP contribution is 2.62. The highest BCUT2D eigenvalue weighted by Gasteiger charge is 2.93. The second-order valence-corrected chi connectivity index (χ2v) is 5.07. The summed E-state index contributed by atoms with van der Waals surface area (Å²) in [7, 11) is 0. The van der Waals surface area contributed by atoms with Crippen LogP contribution in [0.25, 0.3) is 0 Å². The zero-order chi connectivity index (χ0) is 23.4. The maximum atomic E-state index is 13.3. The first-order chi connectivity index (χ1) is 11.9. The van der Waals surface area contributed by atoms with E-state index in [-0.39, 0.29) is 0 Å². The molecular formula is C11H5F15O2. The van der Waals surface area contributed by atoms with Crippen LogP contribution >= 0.6 is 0 Å². The molecule has 0 aromatic rings. The minimum absolute atomic E-state index is 1.64. The number of carboxylic acid groups (broad SMARTS) is 1. The van der Waals surface area contributed by atoms with Crippen LogP contribution in [0.1, 0.15) is 0 Å². The van der Waals surface area contributed by atoms with Gasteiger partial charge in [0.15, 0.2) is 6.67 Å². The Bertz CT molecular complexity index is 636. The Morgan fingerprint density at radius 1 is 0.643 bits per heavy atom. The molecule has 28 heavy (non-hydrogen) atoms. The first-order valence-electron chi connectivity index (χ1n) is 6.05. The molecule has 17 heteroatoms. The van der Waals surface area contributed by atoms with Gasteiger partial charge in [-0.2, -0.15) is 61.5 Å². The molecule has 0 saturated carbocycles. The first-order valence-corrected chi connectivity index (χ1v) is 6.05. The van der Waals surface area contributed by atoms with Gasteiger partial charge < -0.3 is 5.11 Å². The van der Waals surface area contributed by atoms with E-state index < -0.39 is 59.7 Å². The second-order valence-electron chi connectivity index (χ2n) is 5.07. The Kier molecular flexibility index (Phi) is 6.17. The lowest BCUT2D eigenvalue weighted by Crippen LogP contribution is -2.73. The van der Waals surface area contributed by atoms with Crippen molar-refractivity contribution >= 4 is 5.97 Å². The van der Waals surface area contributed by atoms with Crippen molar-refractivity contribution in [3.05, 3.63) is 12.2 Å². The molecule has 0 bridgehead atoms. The fourth-order valence-electron chi connectivity index (χ4n) is 1.43. The topological polar surface area (TPSA) is 37.3 Å². The fourth-order valence-corrected chi connectivity index (χ4v) is 1.43. The first kappa shape index (κ1) is 26.2. The van der Waals surface area contributed by atoms with Gasteiger partial charge in [0, 0.05) is 0 Å². The standard InChI is InChI=1S/C11H5F15O2/c1-3(4(27)28)6(15,16)8(19,20)10(23,24)11(25,26)9(21,22)7(17,18)5(13,14)2-12/h1-2H2,(H,27,28). The smallest absolute Gasteiger partial charge is 0.385 e. The maximum absolute atomic E-state index is 13.3. The van der Waals surface area contributed by atoms with Crippen molar-refractivity contribution in [2.45, 2.75) is 41.5 Å². The molecule has 2 nitrogen and oxygen atoms in total. The molecule has 0 aromatic heterocycles. The lowest BCUT2D eigenvalue weighted by atomic mass is 9.87. The van der Waals surface area contributed by atoms with Crippen LogP contribution in [0, 0.1) is 0 Å². The molecule has 0 aliphatic rings. The van der Waals surface area contributed by atoms with Gasteiger partial charge in [0.1, 0.15) is 5.57 Å². The largest absolute Gasteiger partial charge is 0.478 e. The van der Waals surface area contributed by atoms with E-state index in [0.717, 1.165) is 0 Å². The number of aliphatic carboxylic acids is 1. The molecule has 0 fully saturated rings. The van der Waals surface area contributed by atoms with Crippen molar-refractivity contribution in [1.82, 2.24) is 0 Å². The van der Waals surface area contributed by atoms with Crippen molar-refractivity contribution in [1.29, 1.82) is 0 Å². The van der Waals surface area contributed by atoms with E-state index in [1.165, 1.54) is 0 Å². The zero-order valence-electron chi connectivity index (χ0n) is 12.4. The van der Waals surface area contributed by atoms with Gasteiger partial charge in [0.05, 0.1) is 0 Å². The Morgan fingerprint density at radius 3 is 1.21 bits per heavy atom. The van der Waals surface area contributed by atoms with Crippen LogP contribution in [0.3, 0.4) is 0 Å². The van der Waals surface area contributed by atoms with Crippen molar-refractivity contribution < 1.29 is 75.8 Å². The van der Waals surface area contributed by atoms with Crippen LogP contribution in [0.5, 0.6) is 0 Å². The number of halogens is 15. The molecule has 0 rings (SSSR count). The van der Waals surface area contributed by atoms with Gasteiger partial charge in [0.2, 0.25) is 0 Å². The summed E-state index contributed by atoms with van der Waals surface area (Å²) in [6, 6.07) is 0. The van der Waals surface area contributed by atoms with Gasteiger partial charge in [-0.15, -0.1) is 0 Å². The summed E-state index contributed by atoms with van der Waals surface area (Å²) in [5, 5.41) is 8.02. The molecule has 0 heterocycles. The SMILES string of the molecule is C=C(C(=O)O)C(F)(F)C(F)(F)C(F)(F)C(F)(F)C(F)(F)C(F)(F)C(F)(F)CF. The summed E-state index contributed by atoms with van der Waals surface area (Å²) in [6.45, 7) is -2.22. The van der Waals surface area contributed by atoms with Crippen LogP contribution in [0.2, 0.25) is 0 Å². The zero-order valence-corrected chi connectivity index (χ0v) is 12.4. The number of hydrogen-bond acceptors (Lipinski definition) is 1. The van der Waals surface area contributed by atoms with E-state index in [9.17, 15) is 70.7 Å². The molecule has 0 unspecified atom stereocenters. The number of alkyl halides is 15. The van der Waals surface area contributed by atoms with Crippen LogP contribution in [-0.2, 0) is 4.79 Å². The normalized spacial score (nSPS) is 15.5. The van der Waals surface area contributed by atoms with E-state index in [1.807, 2.05) is 0 Å². The molecular weight excluding hydrogens is 449 g/mol. The third-order valence-electron chi connectivity index (χ3n) is 3.24. The Hall–Kier alpha value is -1.84. The molecule has 0 aromatic carbocycles. The minimum Gasteiger partial charge on any atom is -0.478 e. The van der Waals surface area contributed by atoms with Crippen LogP contribution in [0.15, 0.2) is 12.2 Å². The molecule has 0 atom stereocenters. The van der Waals surface area contributed by atoms with E-state index in [4.69, 9.17) is 5.11 Å². The highest BCUT2D eigenvalue weighted by molar-refractivity contribution is 5.88. The predicted octanol–water partition coefficient (Wildman–Crippen LogP) is 5.04. The summed E-state index contributed by atoms with van der Waals surface area (Å²) in [6.07, 6.45) is 0. The molecule has 166 valence electrons. The van der Waals surface area contributed by atoms with Crippen molar-refractivity contribution in [3.8, 4) is 0 Å². The summed E-state index contributed by atoms with van der Waals surface area (Å²) in [5.41, 5.74) is -3.25. The summed E-state index contributed by atoms with van der Waals surface area (Å²) >= 11 is 0. The van der Waals surface area contributed by atoms with Crippen LogP contribution < -0.4 is 0 Å². The molecule has 0 saturated heterocycles. The van der Waals surface area contributed by atoms with Crippen LogP contribution in [-0.4, -0.2) is 59.2 Å². The van der Waals surface area contributed by atoms with E-state index in [0.29, 0.717) is 0 Å². The molecule has 0 aliphatic heterocycles. The van der Waals surface area contributed by atoms with E-state index in [2.05, 4.69) is 0 Å². The fraction of sp³-hybridized carbons (Fsp3) is 0.727. The summed E-state index contributed by atoms with van der Waals surface area (Å²) in [5.74, 6) is -57.5. The monoisotopic (exact) mass is 454 g/mol. The Balaban J connectivity index is 6.68. The lowest BCUT2D eigenvalue weighted by molar-refractivity contribution is -0.438. The van der Waals surface area contributed by atoms with E-state index in [1.54, 1.807) is 6.58 Å². The Morgan fingerprint density at radius 2 is 0.929 bits per heavy atom. The van der Waals surface area contributed by atoms with Gasteiger partial charge >= 0.3 is 47.4 Å². The van der Waals surface area contributed by atoms with Gasteiger partial charge in [-0.3, -0.25) is 0 Å². The van der Waals surface area contributed by atoms with Crippen LogP contribution in [0.4, 0.5) is 65.9 Å². The molecule has 0 radical (unpaired) electrons. The summed E-state index contributed by atoms with van der Waals surface area (Å²) in [4.78, 5) is 10.1. The molecule has 0 amide bonds. The van der Waals surface area contributed by atoms with Gasteiger partial charge in [-0.25, -0.2) is 9.18 Å². The number of rotatable bonds is 9. The van der Waals surface area contributed by atoms with Crippen molar-refractivity contribution in [2.24, 2.45) is 0 Å². The van der Waals surface area contributed by atoms with Crippen molar-refractivity contribution in [2.75, 3.05) is 6.67 Å². The van der Waals surface area contributed by atoms with E-state index >= 15 is 0 Å². The quantitative estimate of drug-likeness (QED) is 0.392. The summed E-state index contributed by atoms with van der Waals surface area (Å²) < 4.78 is 194. The second kappa shape index (κ2) is 6.60. The van der Waals surface area contributed by atoms with Gasteiger partial charge in [0.25, 0.3) is 0 Å². The molecule has 0 aliphatic carbocycles. The maximum Gasteiger partial charge on any atom is 0.385 e. The average Bonchev–Trinajstić information content (AvgIpc) is 2.52. The third kappa shape index (κ3) is 3.05. The van der Waals surface area contributed by atoms with Gasteiger partial charge in [-0.05, 0) is 0 Å².